The number of nitrogens with one attached hydrogen (secondary N) is 1. The van der Waals surface area contributed by atoms with Crippen molar-refractivity contribution in [1.82, 2.24) is 10.2 Å². The fourth-order valence-electron chi connectivity index (χ4n) is 2.97. The van der Waals surface area contributed by atoms with E-state index in [4.69, 9.17) is 0 Å². The van der Waals surface area contributed by atoms with E-state index in [2.05, 4.69) is 17.1 Å². The van der Waals surface area contributed by atoms with E-state index in [1.54, 1.807) is 13.0 Å². The predicted molar refractivity (Wildman–Crippen MR) is 81.6 cm³/mol. The number of nitro benzene ring substituents is 1. The summed E-state index contributed by atoms with van der Waals surface area (Å²) >= 11 is 0. The molecular formula is C15H23N3O3. The summed E-state index contributed by atoms with van der Waals surface area (Å²) in [5, 5.41) is 25.0. The fraction of sp³-hybridized carbons (Fsp3) is 0.600. The minimum absolute atomic E-state index is 0.0232. The first-order chi connectivity index (χ1) is 10.1. The Bertz CT molecular complexity index is 513. The van der Waals surface area contributed by atoms with Gasteiger partial charge in [-0.1, -0.05) is 13.3 Å². The van der Waals surface area contributed by atoms with Gasteiger partial charge in [-0.25, -0.2) is 0 Å². The predicted octanol–water partition coefficient (Wildman–Crippen LogP) is 2.36. The number of aromatic hydroxyl groups is 1. The highest BCUT2D eigenvalue weighted by molar-refractivity contribution is 5.54. The maximum Gasteiger partial charge on any atom is 0.277 e. The summed E-state index contributed by atoms with van der Waals surface area (Å²) in [6.45, 7) is 7.28. The van der Waals surface area contributed by atoms with Gasteiger partial charge in [-0.15, -0.1) is 0 Å². The monoisotopic (exact) mass is 293 g/mol. The molecule has 2 N–H and O–H groups in total. The van der Waals surface area contributed by atoms with Crippen LogP contribution in [-0.2, 0) is 0 Å². The maximum absolute atomic E-state index is 11.3. The summed E-state index contributed by atoms with van der Waals surface area (Å²) in [5.74, 6) is 0.0705. The normalized spacial score (nSPS) is 17.6. The number of piperazine rings is 1. The summed E-state index contributed by atoms with van der Waals surface area (Å²) in [6, 6.07) is 3.02. The molecule has 0 radical (unpaired) electrons. The van der Waals surface area contributed by atoms with Gasteiger partial charge in [0.2, 0.25) is 0 Å². The molecule has 1 aromatic rings. The van der Waals surface area contributed by atoms with Crippen LogP contribution in [0.2, 0.25) is 0 Å². The lowest BCUT2D eigenvalue weighted by atomic mass is 9.95. The second kappa shape index (κ2) is 6.87. The quantitative estimate of drug-likeness (QED) is 0.643. The molecule has 1 fully saturated rings. The molecule has 21 heavy (non-hydrogen) atoms. The Balaban J connectivity index is 2.47. The molecule has 0 aliphatic carbocycles. The van der Waals surface area contributed by atoms with Crippen molar-refractivity contribution in [1.29, 1.82) is 0 Å². The number of hydrogen-bond acceptors (Lipinski definition) is 5. The van der Waals surface area contributed by atoms with E-state index >= 15 is 0 Å². The second-order valence-corrected chi connectivity index (χ2v) is 5.51. The van der Waals surface area contributed by atoms with Gasteiger partial charge >= 0.3 is 0 Å². The van der Waals surface area contributed by atoms with Crippen LogP contribution in [0.15, 0.2) is 12.1 Å². The van der Waals surface area contributed by atoms with E-state index < -0.39 is 0 Å². The zero-order chi connectivity index (χ0) is 15.4. The Kier molecular flexibility index (Phi) is 5.14. The largest absolute Gasteiger partial charge is 0.507 e. The van der Waals surface area contributed by atoms with E-state index in [0.717, 1.165) is 39.0 Å². The van der Waals surface area contributed by atoms with Crippen LogP contribution in [0.3, 0.4) is 0 Å². The number of nitro groups is 1. The molecule has 0 aromatic heterocycles. The molecule has 1 aromatic carbocycles. The van der Waals surface area contributed by atoms with Gasteiger partial charge in [0.1, 0.15) is 5.75 Å². The zero-order valence-corrected chi connectivity index (χ0v) is 12.6. The van der Waals surface area contributed by atoms with Crippen molar-refractivity contribution in [3.8, 4) is 5.75 Å². The van der Waals surface area contributed by atoms with Crippen molar-refractivity contribution in [2.75, 3.05) is 26.2 Å². The number of phenols is 1. The third-order valence-electron chi connectivity index (χ3n) is 4.08. The minimum Gasteiger partial charge on any atom is -0.507 e. The van der Waals surface area contributed by atoms with Gasteiger partial charge in [0.15, 0.2) is 0 Å². The highest BCUT2D eigenvalue weighted by Crippen LogP contribution is 2.40. The van der Waals surface area contributed by atoms with Crippen LogP contribution in [0, 0.1) is 17.0 Å². The number of phenolic OH excluding ortho intramolecular Hbond substituents is 1. The lowest BCUT2D eigenvalue weighted by Crippen LogP contribution is -2.45. The molecule has 1 saturated heterocycles. The molecule has 116 valence electrons. The molecular weight excluding hydrogens is 270 g/mol. The van der Waals surface area contributed by atoms with Crippen LogP contribution in [0.5, 0.6) is 5.75 Å². The minimum atomic E-state index is -0.390. The van der Waals surface area contributed by atoms with Crippen molar-refractivity contribution in [2.24, 2.45) is 0 Å². The first-order valence-electron chi connectivity index (χ1n) is 7.47. The molecule has 0 saturated carbocycles. The highest BCUT2D eigenvalue weighted by atomic mass is 16.6. The summed E-state index contributed by atoms with van der Waals surface area (Å²) in [7, 11) is 0. The van der Waals surface area contributed by atoms with E-state index in [1.807, 2.05) is 0 Å². The van der Waals surface area contributed by atoms with Crippen molar-refractivity contribution >= 4 is 5.69 Å². The van der Waals surface area contributed by atoms with Crippen LogP contribution in [0.4, 0.5) is 5.69 Å². The first kappa shape index (κ1) is 15.7. The van der Waals surface area contributed by atoms with E-state index in [-0.39, 0.29) is 22.4 Å². The average molecular weight is 293 g/mol. The third-order valence-corrected chi connectivity index (χ3v) is 4.08. The lowest BCUT2D eigenvalue weighted by molar-refractivity contribution is -0.386. The SMILES string of the molecule is CCC[C@H](c1c([N+](=O)[O-])ccc(C)c1O)N1CCNCC1. The van der Waals surface area contributed by atoms with Crippen LogP contribution in [0.1, 0.15) is 36.9 Å². The summed E-state index contributed by atoms with van der Waals surface area (Å²) in [4.78, 5) is 13.2. The number of rotatable bonds is 5. The van der Waals surface area contributed by atoms with Gasteiger partial charge in [-0.3, -0.25) is 15.0 Å². The van der Waals surface area contributed by atoms with Gasteiger partial charge in [-0.05, 0) is 25.0 Å². The standard InChI is InChI=1S/C15H23N3O3/c1-3-4-12(17-9-7-16-8-10-17)14-13(18(20)21)6-5-11(2)15(14)19/h5-6,12,16,19H,3-4,7-10H2,1-2H3/t12-/m1/s1. The van der Waals surface area contributed by atoms with Crippen molar-refractivity contribution in [2.45, 2.75) is 32.7 Å². The topological polar surface area (TPSA) is 78.6 Å². The maximum atomic E-state index is 11.3. The smallest absolute Gasteiger partial charge is 0.277 e. The average Bonchev–Trinajstić information content (AvgIpc) is 2.48. The molecule has 1 heterocycles. The van der Waals surface area contributed by atoms with E-state index in [9.17, 15) is 15.2 Å². The van der Waals surface area contributed by atoms with Crippen LogP contribution < -0.4 is 5.32 Å². The van der Waals surface area contributed by atoms with E-state index in [0.29, 0.717) is 11.1 Å². The first-order valence-corrected chi connectivity index (χ1v) is 7.47. The molecule has 6 heteroatoms. The molecule has 0 bridgehead atoms. The van der Waals surface area contributed by atoms with Gasteiger partial charge in [0.25, 0.3) is 5.69 Å². The molecule has 0 unspecified atom stereocenters. The van der Waals surface area contributed by atoms with Gasteiger partial charge in [0, 0.05) is 38.3 Å². The third kappa shape index (κ3) is 3.33. The Morgan fingerprint density at radius 2 is 2.10 bits per heavy atom. The lowest BCUT2D eigenvalue weighted by Gasteiger charge is -2.35. The van der Waals surface area contributed by atoms with Crippen molar-refractivity contribution < 1.29 is 10.0 Å². The number of benzene rings is 1. The van der Waals surface area contributed by atoms with Gasteiger partial charge in [-0.2, -0.15) is 0 Å². The Labute approximate surface area is 124 Å². The summed E-state index contributed by atoms with van der Waals surface area (Å²) < 4.78 is 0. The molecule has 0 amide bonds. The van der Waals surface area contributed by atoms with E-state index in [1.165, 1.54) is 6.07 Å². The van der Waals surface area contributed by atoms with Gasteiger partial charge < -0.3 is 10.4 Å². The number of hydrogen-bond donors (Lipinski definition) is 2. The van der Waals surface area contributed by atoms with Crippen LogP contribution in [-0.4, -0.2) is 41.1 Å². The van der Waals surface area contributed by atoms with Gasteiger partial charge in [0.05, 0.1) is 10.5 Å². The van der Waals surface area contributed by atoms with Crippen molar-refractivity contribution in [3.63, 3.8) is 0 Å². The zero-order valence-electron chi connectivity index (χ0n) is 12.6. The Hall–Kier alpha value is -1.66. The molecule has 6 nitrogen and oxygen atoms in total. The fourth-order valence-corrected chi connectivity index (χ4v) is 2.97. The summed E-state index contributed by atoms with van der Waals surface area (Å²) in [5.41, 5.74) is 1.19. The molecule has 0 spiro atoms. The Morgan fingerprint density at radius 3 is 2.67 bits per heavy atom. The number of aryl methyl sites for hydroxylation is 1. The highest BCUT2D eigenvalue weighted by Gasteiger charge is 2.31. The molecule has 1 aliphatic heterocycles. The van der Waals surface area contributed by atoms with Crippen LogP contribution >= 0.6 is 0 Å². The van der Waals surface area contributed by atoms with Crippen molar-refractivity contribution in [3.05, 3.63) is 33.4 Å². The molecule has 1 atom stereocenters. The van der Waals surface area contributed by atoms with Crippen LogP contribution in [0.25, 0.3) is 0 Å². The Morgan fingerprint density at radius 1 is 1.43 bits per heavy atom. The molecule has 1 aliphatic rings. The number of nitrogens with zero attached hydrogens (tertiary/aromatic N) is 2. The molecule has 2 rings (SSSR count). The second-order valence-electron chi connectivity index (χ2n) is 5.51. The summed E-state index contributed by atoms with van der Waals surface area (Å²) in [6.07, 6.45) is 1.72.